The molecule has 7 heteroatoms. The molecule has 0 aliphatic heterocycles. The lowest BCUT2D eigenvalue weighted by atomic mass is 10.1. The Balaban J connectivity index is 2.30. The van der Waals surface area contributed by atoms with Gasteiger partial charge in [-0.2, -0.15) is 0 Å². The number of halogens is 1. The van der Waals surface area contributed by atoms with Crippen LogP contribution in [0, 0.1) is 12.7 Å². The third-order valence-corrected chi connectivity index (χ3v) is 2.49. The number of carbonyl (C=O) groups excluding carboxylic acids is 1. The zero-order valence-electron chi connectivity index (χ0n) is 10.4. The molecule has 0 unspecified atom stereocenters. The number of carboxylic acid groups (broad SMARTS) is 1. The number of hydrogen-bond acceptors (Lipinski definition) is 4. The van der Waals surface area contributed by atoms with Gasteiger partial charge in [-0.3, -0.25) is 9.78 Å². The van der Waals surface area contributed by atoms with E-state index in [4.69, 9.17) is 5.11 Å². The minimum atomic E-state index is -1.46. The minimum Gasteiger partial charge on any atom is -0.478 e. The van der Waals surface area contributed by atoms with E-state index < -0.39 is 23.3 Å². The molecule has 0 saturated carbocycles. The van der Waals surface area contributed by atoms with Crippen LogP contribution in [0.1, 0.15) is 26.5 Å². The number of aryl methyl sites for hydroxylation is 1. The summed E-state index contributed by atoms with van der Waals surface area (Å²) in [7, 11) is 0. The van der Waals surface area contributed by atoms with Crippen LogP contribution in [0.3, 0.4) is 0 Å². The standard InChI is InChI=1S/C13H10FN3O3/c1-7-5-16-10(6-15-7)12(18)17-9-4-2-3-8(14)11(9)13(19)20/h2-6H,1H3,(H,17,18)(H,19,20). The Bertz CT molecular complexity index is 671. The first-order chi connectivity index (χ1) is 9.49. The zero-order chi connectivity index (χ0) is 14.7. The van der Waals surface area contributed by atoms with E-state index in [0.29, 0.717) is 5.69 Å². The quantitative estimate of drug-likeness (QED) is 0.892. The van der Waals surface area contributed by atoms with E-state index in [1.165, 1.54) is 24.5 Å². The Kier molecular flexibility index (Phi) is 3.69. The van der Waals surface area contributed by atoms with Crippen LogP contribution in [0.2, 0.25) is 0 Å². The summed E-state index contributed by atoms with van der Waals surface area (Å²) in [5, 5.41) is 11.3. The van der Waals surface area contributed by atoms with Gasteiger partial charge in [0.2, 0.25) is 0 Å². The number of aromatic nitrogens is 2. The first-order valence-corrected chi connectivity index (χ1v) is 5.61. The van der Waals surface area contributed by atoms with Crippen LogP contribution in [0.15, 0.2) is 30.6 Å². The number of amides is 1. The minimum absolute atomic E-state index is 0.0104. The van der Waals surface area contributed by atoms with Gasteiger partial charge in [0.1, 0.15) is 17.1 Å². The highest BCUT2D eigenvalue weighted by Gasteiger charge is 2.18. The molecule has 0 bridgehead atoms. The van der Waals surface area contributed by atoms with Crippen molar-refractivity contribution in [1.82, 2.24) is 9.97 Å². The molecule has 0 atom stereocenters. The molecule has 0 aliphatic rings. The third kappa shape index (κ3) is 2.77. The predicted molar refractivity (Wildman–Crippen MR) is 68.1 cm³/mol. The number of nitrogens with zero attached hydrogens (tertiary/aromatic N) is 2. The van der Waals surface area contributed by atoms with Crippen molar-refractivity contribution in [2.75, 3.05) is 5.32 Å². The van der Waals surface area contributed by atoms with Crippen molar-refractivity contribution in [2.24, 2.45) is 0 Å². The lowest BCUT2D eigenvalue weighted by Crippen LogP contribution is -2.17. The summed E-state index contributed by atoms with van der Waals surface area (Å²) in [6.07, 6.45) is 2.66. The Morgan fingerprint density at radius 3 is 2.60 bits per heavy atom. The van der Waals surface area contributed by atoms with Gasteiger partial charge in [0.15, 0.2) is 0 Å². The molecule has 1 aromatic carbocycles. The van der Waals surface area contributed by atoms with Crippen LogP contribution in [0.4, 0.5) is 10.1 Å². The van der Waals surface area contributed by atoms with Gasteiger partial charge in [-0.05, 0) is 19.1 Å². The predicted octanol–water partition coefficient (Wildman–Crippen LogP) is 1.87. The maximum atomic E-state index is 13.4. The van der Waals surface area contributed by atoms with E-state index >= 15 is 0 Å². The van der Waals surface area contributed by atoms with Crippen molar-refractivity contribution < 1.29 is 19.1 Å². The summed E-state index contributed by atoms with van der Waals surface area (Å²) >= 11 is 0. The van der Waals surface area contributed by atoms with Crippen LogP contribution in [-0.2, 0) is 0 Å². The normalized spacial score (nSPS) is 10.1. The second-order valence-corrected chi connectivity index (χ2v) is 3.96. The summed E-state index contributed by atoms with van der Waals surface area (Å²) in [5.74, 6) is -3.05. The molecule has 1 amide bonds. The Labute approximate surface area is 113 Å². The van der Waals surface area contributed by atoms with Gasteiger partial charge in [-0.1, -0.05) is 6.07 Å². The van der Waals surface area contributed by atoms with Gasteiger partial charge >= 0.3 is 5.97 Å². The number of anilines is 1. The number of hydrogen-bond donors (Lipinski definition) is 2. The number of carbonyl (C=O) groups is 2. The number of rotatable bonds is 3. The Morgan fingerprint density at radius 2 is 2.00 bits per heavy atom. The maximum Gasteiger partial charge on any atom is 0.340 e. The van der Waals surface area contributed by atoms with Crippen molar-refractivity contribution in [3.63, 3.8) is 0 Å². The van der Waals surface area contributed by atoms with Crippen LogP contribution in [-0.4, -0.2) is 27.0 Å². The lowest BCUT2D eigenvalue weighted by molar-refractivity contribution is 0.0693. The number of carboxylic acids is 1. The van der Waals surface area contributed by atoms with Crippen molar-refractivity contribution in [2.45, 2.75) is 6.92 Å². The van der Waals surface area contributed by atoms with Gasteiger partial charge < -0.3 is 10.4 Å². The van der Waals surface area contributed by atoms with Gasteiger partial charge in [0.05, 0.1) is 17.6 Å². The lowest BCUT2D eigenvalue weighted by Gasteiger charge is -2.08. The van der Waals surface area contributed by atoms with Gasteiger partial charge in [0, 0.05) is 6.20 Å². The first kappa shape index (κ1) is 13.6. The fraction of sp³-hybridized carbons (Fsp3) is 0.0769. The van der Waals surface area contributed by atoms with Gasteiger partial charge in [-0.25, -0.2) is 14.2 Å². The summed E-state index contributed by atoms with van der Waals surface area (Å²) < 4.78 is 13.4. The fourth-order valence-corrected chi connectivity index (χ4v) is 1.54. The van der Waals surface area contributed by atoms with E-state index in [1.54, 1.807) is 6.92 Å². The number of aromatic carboxylic acids is 1. The summed E-state index contributed by atoms with van der Waals surface area (Å²) in [6, 6.07) is 3.61. The topological polar surface area (TPSA) is 92.2 Å². The van der Waals surface area contributed by atoms with Gasteiger partial charge in [0.25, 0.3) is 5.91 Å². The van der Waals surface area contributed by atoms with Crippen molar-refractivity contribution in [1.29, 1.82) is 0 Å². The van der Waals surface area contributed by atoms with Crippen molar-refractivity contribution in [3.05, 3.63) is 53.4 Å². The molecule has 1 heterocycles. The molecule has 0 radical (unpaired) electrons. The molecule has 2 rings (SSSR count). The number of benzene rings is 1. The second kappa shape index (κ2) is 5.43. The Morgan fingerprint density at radius 1 is 1.25 bits per heavy atom. The van der Waals surface area contributed by atoms with Crippen LogP contribution >= 0.6 is 0 Å². The largest absolute Gasteiger partial charge is 0.478 e. The zero-order valence-corrected chi connectivity index (χ0v) is 10.4. The van der Waals surface area contributed by atoms with E-state index in [0.717, 1.165) is 6.07 Å². The maximum absolute atomic E-state index is 13.4. The van der Waals surface area contributed by atoms with E-state index in [2.05, 4.69) is 15.3 Å². The smallest absolute Gasteiger partial charge is 0.340 e. The van der Waals surface area contributed by atoms with Crippen LogP contribution < -0.4 is 5.32 Å². The fourth-order valence-electron chi connectivity index (χ4n) is 1.54. The van der Waals surface area contributed by atoms with E-state index in [9.17, 15) is 14.0 Å². The second-order valence-electron chi connectivity index (χ2n) is 3.96. The summed E-state index contributed by atoms with van der Waals surface area (Å²) in [5.41, 5.74) is -0.0828. The third-order valence-electron chi connectivity index (χ3n) is 2.49. The average Bonchev–Trinajstić information content (AvgIpc) is 2.39. The molecule has 102 valence electrons. The highest BCUT2D eigenvalue weighted by molar-refractivity contribution is 6.06. The van der Waals surface area contributed by atoms with Crippen molar-refractivity contribution in [3.8, 4) is 0 Å². The molecule has 2 aromatic rings. The highest BCUT2D eigenvalue weighted by Crippen LogP contribution is 2.19. The molecule has 1 aromatic heterocycles. The molecule has 6 nitrogen and oxygen atoms in total. The van der Waals surface area contributed by atoms with Crippen LogP contribution in [0.5, 0.6) is 0 Å². The molecule has 2 N–H and O–H groups in total. The molecule has 0 spiro atoms. The number of nitrogens with one attached hydrogen (secondary N) is 1. The monoisotopic (exact) mass is 275 g/mol. The van der Waals surface area contributed by atoms with E-state index in [-0.39, 0.29) is 11.4 Å². The van der Waals surface area contributed by atoms with Crippen molar-refractivity contribution >= 4 is 17.6 Å². The molecule has 0 aliphatic carbocycles. The molecular weight excluding hydrogens is 265 g/mol. The average molecular weight is 275 g/mol. The van der Waals surface area contributed by atoms with Crippen LogP contribution in [0.25, 0.3) is 0 Å². The first-order valence-electron chi connectivity index (χ1n) is 5.61. The van der Waals surface area contributed by atoms with Gasteiger partial charge in [-0.15, -0.1) is 0 Å². The Hall–Kier alpha value is -2.83. The SMILES string of the molecule is Cc1cnc(C(=O)Nc2cccc(F)c2C(=O)O)cn1. The molecule has 0 saturated heterocycles. The summed E-state index contributed by atoms with van der Waals surface area (Å²) in [6.45, 7) is 1.71. The molecule has 0 fully saturated rings. The molecule has 20 heavy (non-hydrogen) atoms. The van der Waals surface area contributed by atoms with E-state index in [1.807, 2.05) is 0 Å². The highest BCUT2D eigenvalue weighted by atomic mass is 19.1. The molecular formula is C13H10FN3O3. The summed E-state index contributed by atoms with van der Waals surface area (Å²) in [4.78, 5) is 30.6.